The van der Waals surface area contributed by atoms with Crippen LogP contribution in [0.25, 0.3) is 11.8 Å². The van der Waals surface area contributed by atoms with Gasteiger partial charge < -0.3 is 5.11 Å². The van der Waals surface area contributed by atoms with Gasteiger partial charge in [-0.05, 0) is 73.2 Å². The Hall–Kier alpha value is -2.79. The van der Waals surface area contributed by atoms with E-state index in [9.17, 15) is 13.9 Å². The molecule has 2 atom stereocenters. The van der Waals surface area contributed by atoms with Crippen molar-refractivity contribution >= 4 is 6.08 Å². The Morgan fingerprint density at radius 2 is 1.69 bits per heavy atom. The molecule has 0 fully saturated rings. The number of allylic oxidation sites excluding steroid dienone is 1. The van der Waals surface area contributed by atoms with E-state index in [0.717, 1.165) is 29.1 Å². The monoisotopic (exact) mass is 394 g/mol. The third-order valence-electron chi connectivity index (χ3n) is 5.92. The van der Waals surface area contributed by atoms with Crippen LogP contribution in [0.4, 0.5) is 8.78 Å². The number of nitrogens with zero attached hydrogens (tertiary/aromatic N) is 2. The molecular formula is C24H24F2N2O. The number of hydrogen-bond acceptors (Lipinski definition) is 2. The van der Waals surface area contributed by atoms with Crippen LogP contribution in [0, 0.1) is 17.0 Å². The van der Waals surface area contributed by atoms with Crippen LogP contribution in [0.15, 0.2) is 60.4 Å². The van der Waals surface area contributed by atoms with Gasteiger partial charge in [0.05, 0.1) is 23.8 Å². The molecule has 0 bridgehead atoms. The Kier molecular flexibility index (Phi) is 5.09. The summed E-state index contributed by atoms with van der Waals surface area (Å²) in [5.41, 5.74) is 4.71. The molecule has 2 aromatic carbocycles. The number of rotatable bonds is 5. The van der Waals surface area contributed by atoms with Gasteiger partial charge in [0.25, 0.3) is 0 Å². The van der Waals surface area contributed by atoms with Gasteiger partial charge >= 0.3 is 0 Å². The highest BCUT2D eigenvalue weighted by Gasteiger charge is 2.35. The van der Waals surface area contributed by atoms with Crippen LogP contribution in [0.1, 0.15) is 37.2 Å². The highest BCUT2D eigenvalue weighted by Crippen LogP contribution is 2.42. The van der Waals surface area contributed by atoms with Gasteiger partial charge in [0.15, 0.2) is 0 Å². The van der Waals surface area contributed by atoms with Gasteiger partial charge in [-0.3, -0.25) is 4.57 Å². The maximum absolute atomic E-state index is 13.2. The fourth-order valence-corrected chi connectivity index (χ4v) is 4.10. The van der Waals surface area contributed by atoms with E-state index in [0.29, 0.717) is 12.8 Å². The van der Waals surface area contributed by atoms with E-state index in [2.05, 4.69) is 24.9 Å². The topological polar surface area (TPSA) is 38.0 Å². The lowest BCUT2D eigenvalue weighted by atomic mass is 9.71. The number of fused-ring (bicyclic) bond motifs is 1. The van der Waals surface area contributed by atoms with Crippen molar-refractivity contribution in [1.82, 2.24) is 9.55 Å². The van der Waals surface area contributed by atoms with Crippen LogP contribution in [-0.2, 0) is 12.8 Å². The summed E-state index contributed by atoms with van der Waals surface area (Å²) < 4.78 is 28.3. The highest BCUT2D eigenvalue weighted by atomic mass is 19.1. The SMILES string of the molecule is CC1=Cc2c(ncn2-c2ccc(F)cc2)C[C@]1(C)CC(O)Cc1ccc(F)cc1. The zero-order chi connectivity index (χ0) is 20.6. The van der Waals surface area contributed by atoms with Crippen molar-refractivity contribution in [2.45, 2.75) is 39.2 Å². The molecule has 5 heteroatoms. The molecular weight excluding hydrogens is 370 g/mol. The zero-order valence-corrected chi connectivity index (χ0v) is 16.6. The van der Waals surface area contributed by atoms with Crippen molar-refractivity contribution in [3.8, 4) is 5.69 Å². The summed E-state index contributed by atoms with van der Waals surface area (Å²) in [6.45, 7) is 4.22. The Morgan fingerprint density at radius 1 is 1.07 bits per heavy atom. The molecule has 4 rings (SSSR count). The van der Waals surface area contributed by atoms with Crippen molar-refractivity contribution in [2.24, 2.45) is 5.41 Å². The van der Waals surface area contributed by atoms with E-state index in [1.54, 1.807) is 30.6 Å². The molecule has 0 amide bonds. The molecule has 150 valence electrons. The number of halogens is 2. The van der Waals surface area contributed by atoms with Crippen molar-refractivity contribution in [2.75, 3.05) is 0 Å². The number of aromatic nitrogens is 2. The predicted molar refractivity (Wildman–Crippen MR) is 110 cm³/mol. The summed E-state index contributed by atoms with van der Waals surface area (Å²) in [6.07, 6.45) is 5.14. The molecule has 0 saturated heterocycles. The van der Waals surface area contributed by atoms with Gasteiger partial charge in [0.2, 0.25) is 0 Å². The molecule has 0 saturated carbocycles. The molecule has 29 heavy (non-hydrogen) atoms. The summed E-state index contributed by atoms with van der Waals surface area (Å²) >= 11 is 0. The Bertz CT molecular complexity index is 1040. The van der Waals surface area contributed by atoms with E-state index >= 15 is 0 Å². The predicted octanol–water partition coefficient (Wildman–Crippen LogP) is 5.11. The summed E-state index contributed by atoms with van der Waals surface area (Å²) in [4.78, 5) is 4.59. The molecule has 1 aliphatic carbocycles. The van der Waals surface area contributed by atoms with Gasteiger partial charge in [-0.1, -0.05) is 24.6 Å². The number of hydrogen-bond donors (Lipinski definition) is 1. The lowest BCUT2D eigenvalue weighted by Crippen LogP contribution is -2.30. The molecule has 1 unspecified atom stereocenters. The lowest BCUT2D eigenvalue weighted by Gasteiger charge is -2.35. The largest absolute Gasteiger partial charge is 0.393 e. The van der Waals surface area contributed by atoms with E-state index in [-0.39, 0.29) is 17.0 Å². The quantitative estimate of drug-likeness (QED) is 0.653. The summed E-state index contributed by atoms with van der Waals surface area (Å²) in [7, 11) is 0. The van der Waals surface area contributed by atoms with Crippen molar-refractivity contribution in [3.05, 3.63) is 89.0 Å². The van der Waals surface area contributed by atoms with E-state index in [4.69, 9.17) is 0 Å². The fraction of sp³-hybridized carbons (Fsp3) is 0.292. The Labute approximate surface area is 169 Å². The van der Waals surface area contributed by atoms with Gasteiger partial charge in [0.1, 0.15) is 11.6 Å². The van der Waals surface area contributed by atoms with Crippen LogP contribution >= 0.6 is 0 Å². The average Bonchev–Trinajstić information content (AvgIpc) is 3.06. The third-order valence-corrected chi connectivity index (χ3v) is 5.92. The molecule has 0 aliphatic heterocycles. The molecule has 3 aromatic rings. The smallest absolute Gasteiger partial charge is 0.123 e. The van der Waals surface area contributed by atoms with Gasteiger partial charge in [-0.2, -0.15) is 0 Å². The summed E-state index contributed by atoms with van der Waals surface area (Å²) in [5, 5.41) is 10.7. The first-order valence-electron chi connectivity index (χ1n) is 9.77. The second-order valence-corrected chi connectivity index (χ2v) is 8.18. The van der Waals surface area contributed by atoms with Crippen LogP contribution in [0.2, 0.25) is 0 Å². The first-order valence-corrected chi connectivity index (χ1v) is 9.77. The number of aliphatic hydroxyl groups excluding tert-OH is 1. The minimum Gasteiger partial charge on any atom is -0.393 e. The third kappa shape index (κ3) is 4.01. The average molecular weight is 394 g/mol. The highest BCUT2D eigenvalue weighted by molar-refractivity contribution is 5.59. The Morgan fingerprint density at radius 3 is 2.34 bits per heavy atom. The molecule has 3 nitrogen and oxygen atoms in total. The summed E-state index contributed by atoms with van der Waals surface area (Å²) in [6, 6.07) is 12.6. The standard InChI is InChI=1S/C24H24F2N2O/c1-16-11-23-22(27-15-28(23)20-9-7-19(26)8-10-20)14-24(16,2)13-21(29)12-17-3-5-18(25)6-4-17/h3-11,15,21,29H,12-14H2,1-2H3/t21?,24-/m0/s1. The molecule has 1 aliphatic rings. The molecule has 0 spiro atoms. The van der Waals surface area contributed by atoms with Gasteiger partial charge in [-0.15, -0.1) is 0 Å². The normalized spacial score (nSPS) is 19.6. The summed E-state index contributed by atoms with van der Waals surface area (Å²) in [5.74, 6) is -0.539. The minimum atomic E-state index is -0.533. The van der Waals surface area contributed by atoms with Crippen LogP contribution in [0.3, 0.4) is 0 Å². The van der Waals surface area contributed by atoms with E-state index < -0.39 is 6.10 Å². The van der Waals surface area contributed by atoms with Gasteiger partial charge in [-0.25, -0.2) is 13.8 Å². The Balaban J connectivity index is 1.54. The maximum Gasteiger partial charge on any atom is 0.123 e. The maximum atomic E-state index is 13.2. The fourth-order valence-electron chi connectivity index (χ4n) is 4.10. The lowest BCUT2D eigenvalue weighted by molar-refractivity contribution is 0.120. The van der Waals surface area contributed by atoms with Crippen LogP contribution in [0.5, 0.6) is 0 Å². The molecule has 0 radical (unpaired) electrons. The van der Waals surface area contributed by atoms with Crippen molar-refractivity contribution < 1.29 is 13.9 Å². The number of benzene rings is 2. The van der Waals surface area contributed by atoms with Crippen LogP contribution < -0.4 is 0 Å². The molecule has 1 heterocycles. The first-order chi connectivity index (χ1) is 13.8. The van der Waals surface area contributed by atoms with Gasteiger partial charge in [0, 0.05) is 12.1 Å². The van der Waals surface area contributed by atoms with Crippen LogP contribution in [-0.4, -0.2) is 20.8 Å². The second kappa shape index (κ2) is 7.56. The molecule has 1 N–H and O–H groups in total. The van der Waals surface area contributed by atoms with Crippen molar-refractivity contribution in [3.63, 3.8) is 0 Å². The number of imidazole rings is 1. The minimum absolute atomic E-state index is 0.214. The van der Waals surface area contributed by atoms with E-state index in [1.807, 2.05) is 4.57 Å². The first kappa shape index (κ1) is 19.5. The van der Waals surface area contributed by atoms with Crippen molar-refractivity contribution in [1.29, 1.82) is 0 Å². The van der Waals surface area contributed by atoms with E-state index in [1.165, 1.54) is 29.8 Å². The zero-order valence-electron chi connectivity index (χ0n) is 16.6. The number of aliphatic hydroxyl groups is 1. The second-order valence-electron chi connectivity index (χ2n) is 8.18. The molecule has 1 aromatic heterocycles.